The van der Waals surface area contributed by atoms with Crippen molar-refractivity contribution >= 4 is 0 Å². The normalized spacial score (nSPS) is 32.4. The van der Waals surface area contributed by atoms with Crippen LogP contribution < -0.4 is 0 Å². The van der Waals surface area contributed by atoms with Gasteiger partial charge in [0.05, 0.1) is 0 Å². The van der Waals surface area contributed by atoms with Crippen LogP contribution in [-0.2, 0) is 0 Å². The fraction of sp³-hybridized carbons (Fsp3) is 1.00. The average molecular weight is 376 g/mol. The Bertz CT molecular complexity index is 507. The highest BCUT2D eigenvalue weighted by Gasteiger charge is 2.51. The Morgan fingerprint density at radius 2 is 1.37 bits per heavy atom. The van der Waals surface area contributed by atoms with Crippen molar-refractivity contribution in [2.24, 2.45) is 16.7 Å². The summed E-state index contributed by atoms with van der Waals surface area (Å²) in [5, 5.41) is 0. The van der Waals surface area contributed by atoms with Crippen LogP contribution in [-0.4, -0.2) is 71.6 Å². The fourth-order valence-electron chi connectivity index (χ4n) is 6.32. The maximum absolute atomic E-state index is 2.84. The average Bonchev–Trinajstić information content (AvgIpc) is 2.51. The van der Waals surface area contributed by atoms with Gasteiger partial charge in [0.15, 0.2) is 0 Å². The third-order valence-corrected chi connectivity index (χ3v) is 8.71. The van der Waals surface area contributed by atoms with E-state index in [1.54, 1.807) is 0 Å². The van der Waals surface area contributed by atoms with Gasteiger partial charge in [-0.25, -0.2) is 0 Å². The summed E-state index contributed by atoms with van der Waals surface area (Å²) >= 11 is 0. The Morgan fingerprint density at radius 3 is 1.93 bits per heavy atom. The summed E-state index contributed by atoms with van der Waals surface area (Å²) in [6.07, 6.45) is 8.71. The van der Waals surface area contributed by atoms with Crippen LogP contribution in [0.25, 0.3) is 0 Å². The zero-order valence-electron chi connectivity index (χ0n) is 19.1. The summed E-state index contributed by atoms with van der Waals surface area (Å²) in [7, 11) is 0. The lowest BCUT2D eigenvalue weighted by atomic mass is 9.59. The summed E-state index contributed by atoms with van der Waals surface area (Å²) in [6, 6.07) is 1.76. The third-order valence-electron chi connectivity index (χ3n) is 8.71. The van der Waals surface area contributed by atoms with Gasteiger partial charge < -0.3 is 0 Å². The predicted molar refractivity (Wildman–Crippen MR) is 115 cm³/mol. The number of likely N-dealkylation sites (tertiary alicyclic amines) is 3. The van der Waals surface area contributed by atoms with E-state index in [1.165, 1.54) is 77.8 Å². The first-order valence-electron chi connectivity index (χ1n) is 11.8. The molecule has 1 unspecified atom stereocenters. The number of hydrogen-bond acceptors (Lipinski definition) is 3. The second-order valence-corrected chi connectivity index (χ2v) is 12.5. The minimum Gasteiger partial charge on any atom is -0.298 e. The first-order valence-corrected chi connectivity index (χ1v) is 11.8. The van der Waals surface area contributed by atoms with Crippen LogP contribution in [0, 0.1) is 16.7 Å². The van der Waals surface area contributed by atoms with Crippen molar-refractivity contribution in [3.63, 3.8) is 0 Å². The lowest BCUT2D eigenvalue weighted by molar-refractivity contribution is -0.102. The monoisotopic (exact) mass is 375 g/mol. The second kappa shape index (κ2) is 6.99. The van der Waals surface area contributed by atoms with Gasteiger partial charge >= 0.3 is 0 Å². The van der Waals surface area contributed by atoms with Crippen LogP contribution in [0.5, 0.6) is 0 Å². The first-order chi connectivity index (χ1) is 12.6. The maximum Gasteiger partial charge on any atom is 0.0350 e. The molecule has 0 aromatic heterocycles. The van der Waals surface area contributed by atoms with Crippen LogP contribution in [0.2, 0.25) is 0 Å². The van der Waals surface area contributed by atoms with E-state index in [4.69, 9.17) is 0 Å². The van der Waals surface area contributed by atoms with Gasteiger partial charge in [-0.2, -0.15) is 0 Å². The van der Waals surface area contributed by atoms with Gasteiger partial charge in [-0.3, -0.25) is 14.7 Å². The van der Waals surface area contributed by atoms with Crippen LogP contribution in [0.3, 0.4) is 0 Å². The molecule has 4 fully saturated rings. The highest BCUT2D eigenvalue weighted by Crippen LogP contribution is 2.52. The van der Waals surface area contributed by atoms with Gasteiger partial charge in [-0.15, -0.1) is 0 Å². The van der Waals surface area contributed by atoms with Gasteiger partial charge in [0.2, 0.25) is 0 Å². The molecule has 0 N–H and O–H groups in total. The van der Waals surface area contributed by atoms with E-state index in [1.807, 2.05) is 0 Å². The smallest absolute Gasteiger partial charge is 0.0350 e. The highest BCUT2D eigenvalue weighted by atomic mass is 15.3. The Labute approximate surface area is 168 Å². The molecule has 3 heteroatoms. The van der Waals surface area contributed by atoms with Gasteiger partial charge in [0.1, 0.15) is 0 Å². The molecule has 1 saturated carbocycles. The summed E-state index contributed by atoms with van der Waals surface area (Å²) in [5.41, 5.74) is 1.54. The zero-order chi connectivity index (χ0) is 19.4. The molecule has 27 heavy (non-hydrogen) atoms. The van der Waals surface area contributed by atoms with E-state index in [9.17, 15) is 0 Å². The fourth-order valence-corrected chi connectivity index (χ4v) is 6.32. The topological polar surface area (TPSA) is 9.72 Å². The quantitative estimate of drug-likeness (QED) is 0.705. The molecule has 0 amide bonds. The van der Waals surface area contributed by atoms with Crippen molar-refractivity contribution in [1.29, 1.82) is 0 Å². The highest BCUT2D eigenvalue weighted by molar-refractivity contribution is 5.05. The van der Waals surface area contributed by atoms with E-state index < -0.39 is 0 Å². The molecule has 3 heterocycles. The number of hydrogen-bond donors (Lipinski definition) is 0. The molecule has 3 saturated heterocycles. The van der Waals surface area contributed by atoms with Crippen LogP contribution in [0.15, 0.2) is 0 Å². The van der Waals surface area contributed by atoms with Crippen molar-refractivity contribution in [2.45, 2.75) is 97.7 Å². The molecule has 3 aliphatic heterocycles. The second-order valence-electron chi connectivity index (χ2n) is 12.5. The molecule has 1 atom stereocenters. The summed E-state index contributed by atoms with van der Waals surface area (Å²) in [4.78, 5) is 8.37. The van der Waals surface area contributed by atoms with Crippen LogP contribution in [0.1, 0.15) is 80.1 Å². The standard InChI is InChI=1S/C24H45N3/c1-22(2,3)19-8-7-11-25(16-19)21-17-26(18-21)20-14-24(15-20)9-12-27(13-10-24)23(4,5)6/h19-21H,7-18H2,1-6H3. The molecule has 156 valence electrons. The number of piperidine rings is 2. The Kier molecular flexibility index (Phi) is 5.22. The largest absolute Gasteiger partial charge is 0.298 e. The van der Waals surface area contributed by atoms with Crippen molar-refractivity contribution < 1.29 is 0 Å². The van der Waals surface area contributed by atoms with Gasteiger partial charge in [-0.1, -0.05) is 20.8 Å². The van der Waals surface area contributed by atoms with E-state index >= 15 is 0 Å². The third kappa shape index (κ3) is 4.12. The molecule has 1 aliphatic carbocycles. The van der Waals surface area contributed by atoms with Crippen molar-refractivity contribution in [3.8, 4) is 0 Å². The SMILES string of the molecule is CC(C)(C)C1CCCN(C2CN(C3CC4(CCN(C(C)(C)C)CC4)C3)C2)C1. The van der Waals surface area contributed by atoms with E-state index in [0.29, 0.717) is 16.4 Å². The summed E-state index contributed by atoms with van der Waals surface area (Å²) in [5.74, 6) is 0.889. The molecule has 0 aromatic rings. The Hall–Kier alpha value is -0.120. The maximum atomic E-state index is 2.84. The number of rotatable bonds is 2. The first kappa shape index (κ1) is 20.2. The lowest BCUT2D eigenvalue weighted by Crippen LogP contribution is -2.67. The van der Waals surface area contributed by atoms with E-state index in [-0.39, 0.29) is 0 Å². The Balaban J connectivity index is 1.20. The van der Waals surface area contributed by atoms with E-state index in [2.05, 4.69) is 56.2 Å². The van der Waals surface area contributed by atoms with Gasteiger partial charge in [0, 0.05) is 37.3 Å². The van der Waals surface area contributed by atoms with Crippen LogP contribution >= 0.6 is 0 Å². The van der Waals surface area contributed by atoms with Gasteiger partial charge in [0.25, 0.3) is 0 Å². The minimum absolute atomic E-state index is 0.356. The molecule has 3 nitrogen and oxygen atoms in total. The molecular formula is C24H45N3. The van der Waals surface area contributed by atoms with Crippen molar-refractivity contribution in [1.82, 2.24) is 14.7 Å². The number of nitrogens with zero attached hydrogens (tertiary/aromatic N) is 3. The molecule has 0 bridgehead atoms. The molecule has 0 aromatic carbocycles. The van der Waals surface area contributed by atoms with Crippen molar-refractivity contribution in [2.75, 3.05) is 39.3 Å². The van der Waals surface area contributed by atoms with E-state index in [0.717, 1.165) is 18.0 Å². The summed E-state index contributed by atoms with van der Waals surface area (Å²) < 4.78 is 0. The minimum atomic E-state index is 0.356. The molecule has 0 radical (unpaired) electrons. The molecule has 4 aliphatic rings. The van der Waals surface area contributed by atoms with Crippen molar-refractivity contribution in [3.05, 3.63) is 0 Å². The Morgan fingerprint density at radius 1 is 0.741 bits per heavy atom. The predicted octanol–water partition coefficient (Wildman–Crippen LogP) is 4.47. The molecule has 1 spiro atoms. The molecule has 4 rings (SSSR count). The lowest BCUT2D eigenvalue weighted by Gasteiger charge is -2.60. The molecular weight excluding hydrogens is 330 g/mol. The zero-order valence-corrected chi connectivity index (χ0v) is 19.1. The van der Waals surface area contributed by atoms with Crippen LogP contribution in [0.4, 0.5) is 0 Å². The summed E-state index contributed by atoms with van der Waals surface area (Å²) in [6.45, 7) is 22.5. The van der Waals surface area contributed by atoms with Gasteiger partial charge in [-0.05, 0) is 95.7 Å².